The van der Waals surface area contributed by atoms with E-state index in [0.29, 0.717) is 5.57 Å². The maximum atomic E-state index is 12.9. The second kappa shape index (κ2) is 10.0. The van der Waals surface area contributed by atoms with Gasteiger partial charge in [0.05, 0.1) is 24.0 Å². The fourth-order valence-electron chi connectivity index (χ4n) is 2.53. The number of ether oxygens (including phenoxy) is 1. The largest absolute Gasteiger partial charge is 0.466 e. The summed E-state index contributed by atoms with van der Waals surface area (Å²) in [6.45, 7) is 3.91. The smallest absolute Gasteiger partial charge is 0.310 e. The van der Waals surface area contributed by atoms with Gasteiger partial charge < -0.3 is 4.74 Å². The zero-order valence-electron chi connectivity index (χ0n) is 15.2. The molecule has 2 rings (SSSR count). The molecule has 1 unspecified atom stereocenters. The van der Waals surface area contributed by atoms with Crippen LogP contribution in [-0.2, 0) is 19.6 Å². The van der Waals surface area contributed by atoms with Gasteiger partial charge in [0.2, 0.25) is 10.0 Å². The third kappa shape index (κ3) is 6.15. The number of nitrogens with one attached hydrogen (secondary N) is 1. The number of sulfonamides is 1. The SMILES string of the molecule is CCOC(=O)C/C(=C/I)C(NS(=O)(=O)c1ccc(C)cc1)c1ccccc1. The van der Waals surface area contributed by atoms with Crippen molar-refractivity contribution >= 4 is 38.6 Å². The van der Waals surface area contributed by atoms with E-state index in [4.69, 9.17) is 4.74 Å². The summed E-state index contributed by atoms with van der Waals surface area (Å²) in [7, 11) is -3.77. The Bertz CT molecular complexity index is 893. The highest BCUT2D eigenvalue weighted by Gasteiger charge is 2.26. The Morgan fingerprint density at radius 2 is 1.78 bits per heavy atom. The van der Waals surface area contributed by atoms with Crippen LogP contribution in [0.15, 0.2) is 69.1 Å². The zero-order valence-corrected chi connectivity index (χ0v) is 18.2. The van der Waals surface area contributed by atoms with Crippen LogP contribution < -0.4 is 4.72 Å². The average molecular weight is 499 g/mol. The van der Waals surface area contributed by atoms with Gasteiger partial charge in [-0.25, -0.2) is 8.42 Å². The first kappa shape index (κ1) is 21.6. The molecule has 0 radical (unpaired) electrons. The molecule has 2 aromatic rings. The van der Waals surface area contributed by atoms with Crippen molar-refractivity contribution in [1.29, 1.82) is 0 Å². The van der Waals surface area contributed by atoms with Crippen LogP contribution >= 0.6 is 22.6 Å². The van der Waals surface area contributed by atoms with Gasteiger partial charge in [0.15, 0.2) is 0 Å². The van der Waals surface area contributed by atoms with Gasteiger partial charge in [-0.05, 0) is 41.2 Å². The van der Waals surface area contributed by atoms with E-state index in [-0.39, 0.29) is 17.9 Å². The Balaban J connectivity index is 2.38. The summed E-state index contributed by atoms with van der Waals surface area (Å²) >= 11 is 2.02. The van der Waals surface area contributed by atoms with E-state index in [1.54, 1.807) is 35.3 Å². The number of aryl methyl sites for hydroxylation is 1. The van der Waals surface area contributed by atoms with Crippen LogP contribution in [-0.4, -0.2) is 21.0 Å². The third-order valence-corrected chi connectivity index (χ3v) is 6.14. The fourth-order valence-corrected chi connectivity index (χ4v) is 4.33. The molecule has 0 aliphatic rings. The van der Waals surface area contributed by atoms with Crippen molar-refractivity contribution in [2.75, 3.05) is 6.61 Å². The van der Waals surface area contributed by atoms with Crippen LogP contribution in [0.1, 0.15) is 30.5 Å². The average Bonchev–Trinajstić information content (AvgIpc) is 2.66. The number of carbonyl (C=O) groups is 1. The maximum Gasteiger partial charge on any atom is 0.310 e. The van der Waals surface area contributed by atoms with Crippen LogP contribution in [0.4, 0.5) is 0 Å². The molecule has 0 saturated heterocycles. The van der Waals surface area contributed by atoms with Gasteiger partial charge >= 0.3 is 5.97 Å². The summed E-state index contributed by atoms with van der Waals surface area (Å²) in [6, 6.07) is 15.1. The predicted octanol–water partition coefficient (Wildman–Crippen LogP) is 4.29. The van der Waals surface area contributed by atoms with E-state index in [1.165, 1.54) is 0 Å². The van der Waals surface area contributed by atoms with Gasteiger partial charge in [0.1, 0.15) is 0 Å². The second-order valence-corrected chi connectivity index (χ2v) is 8.28. The number of esters is 1. The van der Waals surface area contributed by atoms with Gasteiger partial charge in [-0.1, -0.05) is 70.6 Å². The highest BCUT2D eigenvalue weighted by Crippen LogP contribution is 2.28. The van der Waals surface area contributed by atoms with Crippen molar-refractivity contribution in [2.45, 2.75) is 31.2 Å². The monoisotopic (exact) mass is 499 g/mol. The summed E-state index contributed by atoms with van der Waals surface area (Å²) in [4.78, 5) is 12.2. The lowest BCUT2D eigenvalue weighted by atomic mass is 9.99. The number of hydrogen-bond donors (Lipinski definition) is 1. The normalized spacial score (nSPS) is 13.2. The number of rotatable bonds is 8. The summed E-state index contributed by atoms with van der Waals surface area (Å²) in [5, 5.41) is 0. The molecular formula is C20H22INO4S. The lowest BCUT2D eigenvalue weighted by Crippen LogP contribution is -2.30. The molecule has 0 saturated carbocycles. The van der Waals surface area contributed by atoms with Gasteiger partial charge in [-0.2, -0.15) is 4.72 Å². The minimum Gasteiger partial charge on any atom is -0.466 e. The summed E-state index contributed by atoms with van der Waals surface area (Å²) in [5.74, 6) is -0.393. The first-order chi connectivity index (χ1) is 12.9. The summed E-state index contributed by atoms with van der Waals surface area (Å²) in [6.07, 6.45) is 0.00671. The van der Waals surface area contributed by atoms with Crippen LogP contribution in [0.2, 0.25) is 0 Å². The molecule has 0 fully saturated rings. The molecule has 144 valence electrons. The predicted molar refractivity (Wildman–Crippen MR) is 114 cm³/mol. The number of carbonyl (C=O) groups excluding carboxylic acids is 1. The highest BCUT2D eigenvalue weighted by atomic mass is 127. The first-order valence-electron chi connectivity index (χ1n) is 8.46. The van der Waals surface area contributed by atoms with Crippen molar-refractivity contribution < 1.29 is 17.9 Å². The summed E-state index contributed by atoms with van der Waals surface area (Å²) in [5.41, 5.74) is 2.35. The van der Waals surface area contributed by atoms with E-state index >= 15 is 0 Å². The molecular weight excluding hydrogens is 477 g/mol. The highest BCUT2D eigenvalue weighted by molar-refractivity contribution is 14.1. The van der Waals surface area contributed by atoms with Crippen molar-refractivity contribution in [3.8, 4) is 0 Å². The molecule has 0 amide bonds. The second-order valence-electron chi connectivity index (χ2n) is 5.94. The number of hydrogen-bond acceptors (Lipinski definition) is 4. The molecule has 0 spiro atoms. The molecule has 0 heterocycles. The molecule has 0 aliphatic carbocycles. The van der Waals surface area contributed by atoms with Crippen molar-refractivity contribution in [1.82, 2.24) is 4.72 Å². The standard InChI is InChI=1S/C20H22INO4S/c1-3-26-19(23)13-17(14-21)20(16-7-5-4-6-8-16)22-27(24,25)18-11-9-15(2)10-12-18/h4-12,14,20,22H,3,13H2,1-2H3/b17-14-. The number of benzene rings is 2. The zero-order chi connectivity index (χ0) is 19.9. The van der Waals surface area contributed by atoms with Crippen LogP contribution in [0, 0.1) is 6.92 Å². The Morgan fingerprint density at radius 1 is 1.15 bits per heavy atom. The van der Waals surface area contributed by atoms with Gasteiger partial charge in [-0.15, -0.1) is 0 Å². The molecule has 0 aliphatic heterocycles. The quantitative estimate of drug-likeness (QED) is 0.435. The molecule has 1 N–H and O–H groups in total. The Hall–Kier alpha value is -1.71. The Kier molecular flexibility index (Phi) is 8.00. The molecule has 5 nitrogen and oxygen atoms in total. The van der Waals surface area contributed by atoms with Crippen LogP contribution in [0.5, 0.6) is 0 Å². The van der Waals surface area contributed by atoms with Gasteiger partial charge in [0.25, 0.3) is 0 Å². The minimum absolute atomic E-state index is 0.00671. The first-order valence-corrected chi connectivity index (χ1v) is 11.2. The Morgan fingerprint density at radius 3 is 2.33 bits per heavy atom. The van der Waals surface area contributed by atoms with E-state index in [1.807, 2.05) is 59.8 Å². The van der Waals surface area contributed by atoms with E-state index in [9.17, 15) is 13.2 Å². The van der Waals surface area contributed by atoms with E-state index < -0.39 is 22.0 Å². The lowest BCUT2D eigenvalue weighted by molar-refractivity contribution is -0.142. The lowest BCUT2D eigenvalue weighted by Gasteiger charge is -2.22. The Labute approximate surface area is 174 Å². The molecule has 0 bridgehead atoms. The van der Waals surface area contributed by atoms with Crippen molar-refractivity contribution in [3.05, 3.63) is 75.4 Å². The topological polar surface area (TPSA) is 72.5 Å². The number of halogens is 1. The molecule has 1 atom stereocenters. The van der Waals surface area contributed by atoms with Crippen LogP contribution in [0.25, 0.3) is 0 Å². The fraction of sp³-hybridized carbons (Fsp3) is 0.250. The molecule has 2 aromatic carbocycles. The van der Waals surface area contributed by atoms with Crippen molar-refractivity contribution in [2.24, 2.45) is 0 Å². The summed E-state index contributed by atoms with van der Waals surface area (Å²) < 4.78 is 35.3. The molecule has 7 heteroatoms. The maximum absolute atomic E-state index is 12.9. The van der Waals surface area contributed by atoms with Gasteiger partial charge in [-0.3, -0.25) is 4.79 Å². The molecule has 0 aromatic heterocycles. The molecule has 27 heavy (non-hydrogen) atoms. The van der Waals surface area contributed by atoms with Crippen LogP contribution in [0.3, 0.4) is 0 Å². The third-order valence-electron chi connectivity index (χ3n) is 3.90. The van der Waals surface area contributed by atoms with E-state index in [2.05, 4.69) is 4.72 Å². The van der Waals surface area contributed by atoms with Crippen molar-refractivity contribution in [3.63, 3.8) is 0 Å². The van der Waals surface area contributed by atoms with E-state index in [0.717, 1.165) is 11.1 Å². The minimum atomic E-state index is -3.77. The van der Waals surface area contributed by atoms with Gasteiger partial charge in [0, 0.05) is 0 Å².